The minimum absolute atomic E-state index is 0.0217. The van der Waals surface area contributed by atoms with E-state index in [-0.39, 0.29) is 5.56 Å². The number of fused-ring (bicyclic) bond motifs is 1. The number of methoxy groups -OCH3 is 1. The summed E-state index contributed by atoms with van der Waals surface area (Å²) in [6.45, 7) is 2.95. The van der Waals surface area contributed by atoms with Gasteiger partial charge in [0.25, 0.3) is 5.56 Å². The topological polar surface area (TPSA) is 57.0 Å². The summed E-state index contributed by atoms with van der Waals surface area (Å²) in [6, 6.07) is 7.80. The lowest BCUT2D eigenvalue weighted by atomic mass is 10.1. The third-order valence-corrected chi connectivity index (χ3v) is 6.10. The Balaban J connectivity index is 2.04. The van der Waals surface area contributed by atoms with Gasteiger partial charge >= 0.3 is 0 Å². The first kappa shape index (κ1) is 17.1. The summed E-state index contributed by atoms with van der Waals surface area (Å²) in [6.07, 6.45) is 3.42. The number of thiophene rings is 2. The molecule has 0 aliphatic rings. The number of rotatable bonds is 5. The van der Waals surface area contributed by atoms with Gasteiger partial charge in [-0.2, -0.15) is 0 Å². The quantitative estimate of drug-likeness (QED) is 0.518. The Morgan fingerprint density at radius 1 is 1.23 bits per heavy atom. The van der Waals surface area contributed by atoms with Gasteiger partial charge in [-0.1, -0.05) is 6.07 Å². The highest BCUT2D eigenvalue weighted by Gasteiger charge is 2.20. The molecular formula is C19H17N3O2S2. The molecule has 0 fully saturated rings. The van der Waals surface area contributed by atoms with Gasteiger partial charge in [0.15, 0.2) is 0 Å². The van der Waals surface area contributed by atoms with Crippen molar-refractivity contribution in [1.29, 1.82) is 0 Å². The Bertz CT molecular complexity index is 1100. The van der Waals surface area contributed by atoms with Crippen molar-refractivity contribution in [1.82, 2.24) is 14.5 Å². The molecule has 0 spiro atoms. The van der Waals surface area contributed by atoms with Gasteiger partial charge in [-0.25, -0.2) is 4.98 Å². The second kappa shape index (κ2) is 7.11. The Kier molecular flexibility index (Phi) is 4.67. The molecular weight excluding hydrogens is 366 g/mol. The third kappa shape index (κ3) is 2.88. The predicted octanol–water partition coefficient (Wildman–Crippen LogP) is 4.20. The van der Waals surface area contributed by atoms with Crippen molar-refractivity contribution in [2.75, 3.05) is 13.7 Å². The van der Waals surface area contributed by atoms with Crippen LogP contribution in [0.25, 0.3) is 32.0 Å². The molecule has 132 valence electrons. The average Bonchev–Trinajstić information content (AvgIpc) is 3.28. The molecule has 0 saturated carbocycles. The molecule has 0 amide bonds. The van der Waals surface area contributed by atoms with Crippen molar-refractivity contribution in [3.05, 3.63) is 57.3 Å². The predicted molar refractivity (Wildman–Crippen MR) is 107 cm³/mol. The van der Waals surface area contributed by atoms with Gasteiger partial charge in [0.05, 0.1) is 18.5 Å². The molecule has 5 nitrogen and oxygen atoms in total. The molecule has 0 saturated heterocycles. The third-order valence-electron chi connectivity index (χ3n) is 4.21. The summed E-state index contributed by atoms with van der Waals surface area (Å²) in [4.78, 5) is 25.3. The maximum Gasteiger partial charge on any atom is 0.263 e. The number of hydrogen-bond acceptors (Lipinski definition) is 6. The van der Waals surface area contributed by atoms with Crippen molar-refractivity contribution in [2.24, 2.45) is 0 Å². The molecule has 4 heterocycles. The van der Waals surface area contributed by atoms with Gasteiger partial charge in [-0.15, -0.1) is 22.7 Å². The zero-order valence-electron chi connectivity index (χ0n) is 14.4. The molecule has 0 aromatic carbocycles. The average molecular weight is 383 g/mol. The van der Waals surface area contributed by atoms with Crippen LogP contribution >= 0.6 is 22.7 Å². The van der Waals surface area contributed by atoms with Crippen LogP contribution in [0.2, 0.25) is 0 Å². The standard InChI is InChI=1S/C19H17N3O2S2/c1-12-15(14-4-3-11-25-14)16-18(26-12)21-17(13-5-7-20-8-6-13)22(19(16)23)9-10-24-2/h3-8,11H,9-10H2,1-2H3. The lowest BCUT2D eigenvalue weighted by Crippen LogP contribution is -2.25. The highest BCUT2D eigenvalue weighted by Crippen LogP contribution is 2.38. The fraction of sp³-hybridized carbons (Fsp3) is 0.211. The summed E-state index contributed by atoms with van der Waals surface area (Å²) in [5.41, 5.74) is 1.86. The summed E-state index contributed by atoms with van der Waals surface area (Å²) >= 11 is 3.21. The summed E-state index contributed by atoms with van der Waals surface area (Å²) in [7, 11) is 1.63. The first-order chi connectivity index (χ1) is 12.7. The van der Waals surface area contributed by atoms with Crippen LogP contribution in [0.1, 0.15) is 4.88 Å². The molecule has 0 radical (unpaired) electrons. The molecule has 0 bridgehead atoms. The van der Waals surface area contributed by atoms with Crippen molar-refractivity contribution in [2.45, 2.75) is 13.5 Å². The minimum Gasteiger partial charge on any atom is -0.383 e. The summed E-state index contributed by atoms with van der Waals surface area (Å²) < 4.78 is 6.93. The molecule has 0 aliphatic carbocycles. The van der Waals surface area contributed by atoms with Crippen LogP contribution in [0.4, 0.5) is 0 Å². The van der Waals surface area contributed by atoms with E-state index in [1.807, 2.05) is 30.5 Å². The number of pyridine rings is 1. The SMILES string of the molecule is COCCn1c(-c2ccncc2)nc2sc(C)c(-c3cccs3)c2c1=O. The van der Waals surface area contributed by atoms with Gasteiger partial charge in [-0.05, 0) is 30.5 Å². The Labute approximate surface area is 158 Å². The van der Waals surface area contributed by atoms with E-state index in [0.717, 1.165) is 25.7 Å². The molecule has 0 atom stereocenters. The fourth-order valence-electron chi connectivity index (χ4n) is 3.02. The van der Waals surface area contributed by atoms with Gasteiger partial charge in [0, 0.05) is 40.4 Å². The molecule has 4 aromatic heterocycles. The van der Waals surface area contributed by atoms with Gasteiger partial charge in [0.2, 0.25) is 0 Å². The molecule has 4 rings (SSSR count). The minimum atomic E-state index is -0.0217. The second-order valence-corrected chi connectivity index (χ2v) is 7.96. The van der Waals surface area contributed by atoms with E-state index >= 15 is 0 Å². The molecule has 7 heteroatoms. The van der Waals surface area contributed by atoms with Gasteiger partial charge in [0.1, 0.15) is 10.7 Å². The Hall–Kier alpha value is -2.35. The largest absolute Gasteiger partial charge is 0.383 e. The highest BCUT2D eigenvalue weighted by atomic mass is 32.1. The van der Waals surface area contributed by atoms with E-state index in [2.05, 4.69) is 11.1 Å². The maximum atomic E-state index is 13.4. The van der Waals surface area contributed by atoms with Gasteiger partial charge < -0.3 is 4.74 Å². The van der Waals surface area contributed by atoms with Crippen LogP contribution in [0.15, 0.2) is 46.8 Å². The van der Waals surface area contributed by atoms with Crippen LogP contribution in [0.3, 0.4) is 0 Å². The Morgan fingerprint density at radius 3 is 2.73 bits per heavy atom. The van der Waals surface area contributed by atoms with Crippen LogP contribution in [-0.2, 0) is 11.3 Å². The first-order valence-corrected chi connectivity index (χ1v) is 9.87. The van der Waals surface area contributed by atoms with Crippen molar-refractivity contribution < 1.29 is 4.74 Å². The van der Waals surface area contributed by atoms with Crippen LogP contribution in [0, 0.1) is 6.92 Å². The van der Waals surface area contributed by atoms with E-state index in [1.165, 1.54) is 0 Å². The molecule has 26 heavy (non-hydrogen) atoms. The van der Waals surface area contributed by atoms with Gasteiger partial charge in [-0.3, -0.25) is 14.3 Å². The lowest BCUT2D eigenvalue weighted by Gasteiger charge is -2.12. The molecule has 0 aliphatic heterocycles. The normalized spacial score (nSPS) is 11.3. The first-order valence-electron chi connectivity index (χ1n) is 8.18. The van der Waals surface area contributed by atoms with Crippen molar-refractivity contribution in [3.63, 3.8) is 0 Å². The lowest BCUT2D eigenvalue weighted by molar-refractivity contribution is 0.186. The molecule has 0 unspecified atom stereocenters. The van der Waals surface area contributed by atoms with Crippen molar-refractivity contribution >= 4 is 32.9 Å². The number of aryl methyl sites for hydroxylation is 1. The zero-order chi connectivity index (χ0) is 18.1. The number of ether oxygens (including phenoxy) is 1. The van der Waals surface area contributed by atoms with E-state index in [0.29, 0.717) is 24.4 Å². The summed E-state index contributed by atoms with van der Waals surface area (Å²) in [5.74, 6) is 0.654. The van der Waals surface area contributed by atoms with Crippen LogP contribution in [0.5, 0.6) is 0 Å². The van der Waals surface area contributed by atoms with E-state index < -0.39 is 0 Å². The summed E-state index contributed by atoms with van der Waals surface area (Å²) in [5, 5.41) is 2.73. The molecule has 0 N–H and O–H groups in total. The highest BCUT2D eigenvalue weighted by molar-refractivity contribution is 7.20. The van der Waals surface area contributed by atoms with E-state index in [1.54, 1.807) is 46.7 Å². The smallest absolute Gasteiger partial charge is 0.263 e. The molecule has 4 aromatic rings. The monoisotopic (exact) mass is 383 g/mol. The number of nitrogens with zero attached hydrogens (tertiary/aromatic N) is 3. The second-order valence-electron chi connectivity index (χ2n) is 5.81. The maximum absolute atomic E-state index is 13.4. The number of aromatic nitrogens is 3. The number of hydrogen-bond donors (Lipinski definition) is 0. The zero-order valence-corrected chi connectivity index (χ0v) is 16.1. The Morgan fingerprint density at radius 2 is 2.04 bits per heavy atom. The van der Waals surface area contributed by atoms with E-state index in [9.17, 15) is 4.79 Å². The van der Waals surface area contributed by atoms with Crippen LogP contribution < -0.4 is 5.56 Å². The van der Waals surface area contributed by atoms with Crippen molar-refractivity contribution in [3.8, 4) is 21.8 Å². The fourth-order valence-corrected chi connectivity index (χ4v) is 4.95. The van der Waals surface area contributed by atoms with E-state index in [4.69, 9.17) is 9.72 Å². The van der Waals surface area contributed by atoms with Crippen LogP contribution in [-0.4, -0.2) is 28.3 Å².